The van der Waals surface area contributed by atoms with Crippen LogP contribution in [0.2, 0.25) is 0 Å². The molecule has 0 aromatic heterocycles. The molecule has 1 aliphatic carbocycles. The molecule has 1 unspecified atom stereocenters. The molecule has 1 saturated carbocycles. The van der Waals surface area contributed by atoms with Crippen molar-refractivity contribution in [3.8, 4) is 0 Å². The zero-order valence-corrected chi connectivity index (χ0v) is 10.8. The van der Waals surface area contributed by atoms with Crippen molar-refractivity contribution in [1.29, 1.82) is 0 Å². The second-order valence-electron chi connectivity index (χ2n) is 5.50. The van der Waals surface area contributed by atoms with Crippen LogP contribution in [0.1, 0.15) is 52.9 Å². The monoisotopic (exact) mass is 213 g/mol. The van der Waals surface area contributed by atoms with Gasteiger partial charge < -0.3 is 10.1 Å². The number of nitrogens with one attached hydrogen (secondary N) is 1. The fourth-order valence-electron chi connectivity index (χ4n) is 2.02. The minimum Gasteiger partial charge on any atom is -0.379 e. The molecule has 90 valence electrons. The standard InChI is InChI=1S/C13H27NO/c1-5-8-14-12(9-11-6-7-11)10-13(2,3)15-4/h11-12,14H,5-10H2,1-4H3. The Balaban J connectivity index is 2.32. The third kappa shape index (κ3) is 5.53. The van der Waals surface area contributed by atoms with E-state index in [4.69, 9.17) is 4.74 Å². The Morgan fingerprint density at radius 2 is 2.07 bits per heavy atom. The lowest BCUT2D eigenvalue weighted by molar-refractivity contribution is 0.00596. The van der Waals surface area contributed by atoms with Crippen molar-refractivity contribution in [1.82, 2.24) is 5.32 Å². The minimum atomic E-state index is 0.0142. The number of rotatable bonds is 8. The highest BCUT2D eigenvalue weighted by molar-refractivity contribution is 4.84. The van der Waals surface area contributed by atoms with Gasteiger partial charge in [0.15, 0.2) is 0 Å². The first kappa shape index (κ1) is 13.0. The van der Waals surface area contributed by atoms with E-state index in [9.17, 15) is 0 Å². The predicted molar refractivity (Wildman–Crippen MR) is 65.1 cm³/mol. The lowest BCUT2D eigenvalue weighted by Crippen LogP contribution is -2.38. The quantitative estimate of drug-likeness (QED) is 0.669. The summed E-state index contributed by atoms with van der Waals surface area (Å²) in [7, 11) is 1.81. The molecule has 0 aromatic carbocycles. The van der Waals surface area contributed by atoms with Crippen molar-refractivity contribution in [3.63, 3.8) is 0 Å². The van der Waals surface area contributed by atoms with Crippen LogP contribution in [0.4, 0.5) is 0 Å². The topological polar surface area (TPSA) is 21.3 Å². The zero-order valence-electron chi connectivity index (χ0n) is 10.8. The van der Waals surface area contributed by atoms with Gasteiger partial charge in [-0.3, -0.25) is 0 Å². The number of hydrogen-bond donors (Lipinski definition) is 1. The normalized spacial score (nSPS) is 19.2. The Morgan fingerprint density at radius 3 is 2.53 bits per heavy atom. The molecule has 1 rings (SSSR count). The maximum absolute atomic E-state index is 5.51. The fraction of sp³-hybridized carbons (Fsp3) is 1.00. The van der Waals surface area contributed by atoms with E-state index in [0.29, 0.717) is 6.04 Å². The summed E-state index contributed by atoms with van der Waals surface area (Å²) in [5.74, 6) is 0.993. The van der Waals surface area contributed by atoms with Gasteiger partial charge in [-0.15, -0.1) is 0 Å². The van der Waals surface area contributed by atoms with Crippen LogP contribution in [-0.2, 0) is 4.74 Å². The van der Waals surface area contributed by atoms with Crippen molar-refractivity contribution in [2.24, 2.45) is 5.92 Å². The molecule has 0 heterocycles. The third-order valence-electron chi connectivity index (χ3n) is 3.29. The van der Waals surface area contributed by atoms with Crippen LogP contribution in [0, 0.1) is 5.92 Å². The zero-order chi connectivity index (χ0) is 11.3. The van der Waals surface area contributed by atoms with E-state index in [1.807, 2.05) is 7.11 Å². The van der Waals surface area contributed by atoms with E-state index >= 15 is 0 Å². The van der Waals surface area contributed by atoms with Crippen LogP contribution in [-0.4, -0.2) is 25.3 Å². The average molecular weight is 213 g/mol. The maximum Gasteiger partial charge on any atom is 0.0637 e. The summed E-state index contributed by atoms with van der Waals surface area (Å²) < 4.78 is 5.51. The van der Waals surface area contributed by atoms with Crippen molar-refractivity contribution in [3.05, 3.63) is 0 Å². The summed E-state index contributed by atoms with van der Waals surface area (Å²) in [6.07, 6.45) is 6.57. The minimum absolute atomic E-state index is 0.0142. The van der Waals surface area contributed by atoms with Gasteiger partial charge in [0.25, 0.3) is 0 Å². The fourth-order valence-corrected chi connectivity index (χ4v) is 2.02. The van der Waals surface area contributed by atoms with E-state index in [-0.39, 0.29) is 5.60 Å². The van der Waals surface area contributed by atoms with E-state index in [1.165, 1.54) is 25.7 Å². The molecule has 0 aromatic rings. The van der Waals surface area contributed by atoms with Gasteiger partial charge >= 0.3 is 0 Å². The van der Waals surface area contributed by atoms with Gasteiger partial charge in [-0.1, -0.05) is 19.8 Å². The van der Waals surface area contributed by atoms with E-state index in [1.54, 1.807) is 0 Å². The summed E-state index contributed by atoms with van der Waals surface area (Å²) in [6.45, 7) is 7.72. The largest absolute Gasteiger partial charge is 0.379 e. The maximum atomic E-state index is 5.51. The van der Waals surface area contributed by atoms with Gasteiger partial charge in [0.1, 0.15) is 0 Å². The third-order valence-corrected chi connectivity index (χ3v) is 3.29. The summed E-state index contributed by atoms with van der Waals surface area (Å²) in [6, 6.07) is 0.646. The van der Waals surface area contributed by atoms with Crippen LogP contribution < -0.4 is 5.32 Å². The molecule has 1 N–H and O–H groups in total. The first-order chi connectivity index (χ1) is 7.07. The first-order valence-corrected chi connectivity index (χ1v) is 6.36. The molecule has 15 heavy (non-hydrogen) atoms. The molecule has 0 spiro atoms. The molecule has 0 aliphatic heterocycles. The van der Waals surface area contributed by atoms with Gasteiger partial charge in [0.05, 0.1) is 5.60 Å². The Labute approximate surface area is 94.8 Å². The van der Waals surface area contributed by atoms with Crippen LogP contribution >= 0.6 is 0 Å². The van der Waals surface area contributed by atoms with Crippen LogP contribution in [0.25, 0.3) is 0 Å². The summed E-state index contributed by atoms with van der Waals surface area (Å²) in [4.78, 5) is 0. The van der Waals surface area contributed by atoms with Crippen LogP contribution in [0.15, 0.2) is 0 Å². The van der Waals surface area contributed by atoms with Crippen molar-refractivity contribution >= 4 is 0 Å². The van der Waals surface area contributed by atoms with Gasteiger partial charge in [0.2, 0.25) is 0 Å². The summed E-state index contributed by atoms with van der Waals surface area (Å²) in [5.41, 5.74) is 0.0142. The molecule has 0 amide bonds. The molecule has 0 bridgehead atoms. The van der Waals surface area contributed by atoms with Gasteiger partial charge in [-0.2, -0.15) is 0 Å². The second kappa shape index (κ2) is 5.86. The molecule has 0 saturated heterocycles. The first-order valence-electron chi connectivity index (χ1n) is 6.36. The molecule has 0 radical (unpaired) electrons. The molecule has 1 atom stereocenters. The molecular weight excluding hydrogens is 186 g/mol. The highest BCUT2D eigenvalue weighted by Gasteiger charge is 2.29. The Kier molecular flexibility index (Phi) is 5.07. The summed E-state index contributed by atoms with van der Waals surface area (Å²) in [5, 5.41) is 3.65. The van der Waals surface area contributed by atoms with E-state index in [0.717, 1.165) is 18.9 Å². The number of hydrogen-bond acceptors (Lipinski definition) is 2. The summed E-state index contributed by atoms with van der Waals surface area (Å²) >= 11 is 0. The van der Waals surface area contributed by atoms with Crippen molar-refractivity contribution in [2.75, 3.05) is 13.7 Å². The lowest BCUT2D eigenvalue weighted by atomic mass is 9.95. The number of methoxy groups -OCH3 is 1. The molecule has 1 aliphatic rings. The van der Waals surface area contributed by atoms with Gasteiger partial charge in [-0.25, -0.2) is 0 Å². The molecule has 1 fully saturated rings. The van der Waals surface area contributed by atoms with Crippen molar-refractivity contribution in [2.45, 2.75) is 64.5 Å². The van der Waals surface area contributed by atoms with Crippen LogP contribution in [0.3, 0.4) is 0 Å². The predicted octanol–water partition coefficient (Wildman–Crippen LogP) is 2.97. The van der Waals surface area contributed by atoms with Gasteiger partial charge in [-0.05, 0) is 45.6 Å². The van der Waals surface area contributed by atoms with Crippen LogP contribution in [0.5, 0.6) is 0 Å². The SMILES string of the molecule is CCCNC(CC1CC1)CC(C)(C)OC. The number of ether oxygens (including phenoxy) is 1. The molecular formula is C13H27NO. The Bertz CT molecular complexity index is 175. The second-order valence-corrected chi connectivity index (χ2v) is 5.50. The average Bonchev–Trinajstić information content (AvgIpc) is 2.97. The van der Waals surface area contributed by atoms with E-state index < -0.39 is 0 Å². The van der Waals surface area contributed by atoms with Crippen molar-refractivity contribution < 1.29 is 4.74 Å². The smallest absolute Gasteiger partial charge is 0.0637 e. The highest BCUT2D eigenvalue weighted by atomic mass is 16.5. The van der Waals surface area contributed by atoms with Gasteiger partial charge in [0, 0.05) is 13.2 Å². The lowest BCUT2D eigenvalue weighted by Gasteiger charge is -2.29. The Hall–Kier alpha value is -0.0800. The molecule has 2 heteroatoms. The van der Waals surface area contributed by atoms with E-state index in [2.05, 4.69) is 26.1 Å². The molecule has 2 nitrogen and oxygen atoms in total. The highest BCUT2D eigenvalue weighted by Crippen LogP contribution is 2.35. The Morgan fingerprint density at radius 1 is 1.40 bits per heavy atom.